The number of ether oxygens (including phenoxy) is 3. The molecule has 0 aliphatic carbocycles. The molecule has 11 heteroatoms. The Hall–Kier alpha value is -3.63. The standard InChI is InChI=1S/C35H48ClN3O7/c1-21(2)15-26(32(42)44-9)38-29(40)18-28-31(41)39(20-34(3,4)5)27-14-13-24(36)17-25(27)30(45-28)23-12-10-11-22(16-23)19-37-33(43)46-35(6,7)8/h10-14,16-17,21,26,28,30H,15,18-20H2,1-9H3,(H,37,43)(H,38,40)/t26-,28?,30?/m0/s1. The number of benzene rings is 2. The Labute approximate surface area is 277 Å². The fraction of sp³-hybridized carbons (Fsp3) is 0.543. The normalized spacial score (nSPS) is 17.5. The number of hydrogen-bond donors (Lipinski definition) is 2. The van der Waals surface area contributed by atoms with Gasteiger partial charge < -0.3 is 29.7 Å². The highest BCUT2D eigenvalue weighted by Crippen LogP contribution is 2.41. The number of hydrogen-bond acceptors (Lipinski definition) is 7. The van der Waals surface area contributed by atoms with Gasteiger partial charge in [-0.15, -0.1) is 0 Å². The minimum Gasteiger partial charge on any atom is -0.467 e. The van der Waals surface area contributed by atoms with E-state index in [2.05, 4.69) is 10.6 Å². The second-order valence-electron chi connectivity index (χ2n) is 14.3. The van der Waals surface area contributed by atoms with E-state index in [4.69, 9.17) is 25.8 Å². The van der Waals surface area contributed by atoms with Crippen LogP contribution in [0.2, 0.25) is 5.02 Å². The van der Waals surface area contributed by atoms with Crippen molar-refractivity contribution in [3.63, 3.8) is 0 Å². The van der Waals surface area contributed by atoms with Gasteiger partial charge in [0.15, 0.2) is 0 Å². The fourth-order valence-corrected chi connectivity index (χ4v) is 5.38. The molecule has 3 rings (SSSR count). The van der Waals surface area contributed by atoms with Crippen molar-refractivity contribution in [1.29, 1.82) is 0 Å². The van der Waals surface area contributed by atoms with Crippen molar-refractivity contribution in [3.05, 3.63) is 64.2 Å². The molecule has 2 aromatic carbocycles. The largest absolute Gasteiger partial charge is 0.467 e. The van der Waals surface area contributed by atoms with Crippen LogP contribution >= 0.6 is 11.6 Å². The summed E-state index contributed by atoms with van der Waals surface area (Å²) in [7, 11) is 1.27. The lowest BCUT2D eigenvalue weighted by Crippen LogP contribution is -2.47. The van der Waals surface area contributed by atoms with E-state index >= 15 is 0 Å². The lowest BCUT2D eigenvalue weighted by atomic mass is 9.94. The average molecular weight is 658 g/mol. The van der Waals surface area contributed by atoms with Crippen molar-refractivity contribution in [2.24, 2.45) is 11.3 Å². The van der Waals surface area contributed by atoms with Gasteiger partial charge in [-0.3, -0.25) is 9.59 Å². The van der Waals surface area contributed by atoms with E-state index in [1.165, 1.54) is 7.11 Å². The third-order valence-corrected chi connectivity index (χ3v) is 7.26. The van der Waals surface area contributed by atoms with Gasteiger partial charge in [0, 0.05) is 29.4 Å². The first kappa shape index (κ1) is 36.8. The smallest absolute Gasteiger partial charge is 0.407 e. The summed E-state index contributed by atoms with van der Waals surface area (Å²) in [5.41, 5.74) is 1.84. The van der Waals surface area contributed by atoms with Crippen LogP contribution in [-0.4, -0.2) is 55.3 Å². The van der Waals surface area contributed by atoms with Gasteiger partial charge in [0.05, 0.1) is 13.5 Å². The van der Waals surface area contributed by atoms with Crippen LogP contribution in [0.4, 0.5) is 10.5 Å². The molecule has 2 unspecified atom stereocenters. The van der Waals surface area contributed by atoms with Gasteiger partial charge in [0.25, 0.3) is 5.91 Å². The molecule has 2 aromatic rings. The van der Waals surface area contributed by atoms with Crippen molar-refractivity contribution in [1.82, 2.24) is 10.6 Å². The number of rotatable bonds is 10. The lowest BCUT2D eigenvalue weighted by molar-refractivity contribution is -0.146. The molecule has 2 N–H and O–H groups in total. The van der Waals surface area contributed by atoms with E-state index in [9.17, 15) is 19.2 Å². The van der Waals surface area contributed by atoms with Crippen molar-refractivity contribution in [2.45, 2.75) is 98.6 Å². The number of halogens is 1. The van der Waals surface area contributed by atoms with E-state index in [0.29, 0.717) is 34.8 Å². The van der Waals surface area contributed by atoms with Gasteiger partial charge in [-0.1, -0.05) is 70.5 Å². The van der Waals surface area contributed by atoms with E-state index in [1.54, 1.807) is 43.9 Å². The summed E-state index contributed by atoms with van der Waals surface area (Å²) in [6.07, 6.45) is -2.44. The third-order valence-electron chi connectivity index (χ3n) is 7.03. The zero-order valence-corrected chi connectivity index (χ0v) is 29.1. The van der Waals surface area contributed by atoms with Gasteiger partial charge >= 0.3 is 12.1 Å². The van der Waals surface area contributed by atoms with Crippen LogP contribution in [0.15, 0.2) is 42.5 Å². The molecular formula is C35H48ClN3O7. The van der Waals surface area contributed by atoms with Crippen molar-refractivity contribution in [2.75, 3.05) is 18.6 Å². The minimum atomic E-state index is -1.18. The molecule has 1 heterocycles. The molecule has 0 radical (unpaired) electrons. The van der Waals surface area contributed by atoms with E-state index in [1.807, 2.05) is 58.9 Å². The number of anilines is 1. The van der Waals surface area contributed by atoms with Crippen LogP contribution < -0.4 is 15.5 Å². The van der Waals surface area contributed by atoms with Crippen LogP contribution in [0, 0.1) is 11.3 Å². The molecule has 252 valence electrons. The van der Waals surface area contributed by atoms with Crippen LogP contribution in [0.25, 0.3) is 0 Å². The highest BCUT2D eigenvalue weighted by atomic mass is 35.5. The molecule has 0 aromatic heterocycles. The predicted molar refractivity (Wildman–Crippen MR) is 178 cm³/mol. The Morgan fingerprint density at radius 1 is 1.04 bits per heavy atom. The summed E-state index contributed by atoms with van der Waals surface area (Å²) in [6, 6.07) is 11.9. The molecule has 10 nitrogen and oxygen atoms in total. The second-order valence-corrected chi connectivity index (χ2v) is 14.7. The molecule has 3 amide bonds. The zero-order valence-electron chi connectivity index (χ0n) is 28.4. The van der Waals surface area contributed by atoms with Crippen LogP contribution in [0.5, 0.6) is 0 Å². The quantitative estimate of drug-likeness (QED) is 0.286. The lowest BCUT2D eigenvalue weighted by Gasteiger charge is -2.31. The monoisotopic (exact) mass is 657 g/mol. The number of fused-ring (bicyclic) bond motifs is 1. The Kier molecular flexibility index (Phi) is 12.3. The van der Waals surface area contributed by atoms with E-state index < -0.39 is 41.8 Å². The summed E-state index contributed by atoms with van der Waals surface area (Å²) in [5.74, 6) is -1.33. The first-order valence-corrected chi connectivity index (χ1v) is 15.9. The molecule has 46 heavy (non-hydrogen) atoms. The summed E-state index contributed by atoms with van der Waals surface area (Å²) >= 11 is 6.50. The van der Waals surface area contributed by atoms with Crippen LogP contribution in [0.1, 0.15) is 91.0 Å². The number of alkyl carbamates (subject to hydrolysis) is 1. The maximum Gasteiger partial charge on any atom is 0.407 e. The van der Waals surface area contributed by atoms with Crippen molar-refractivity contribution < 1.29 is 33.4 Å². The number of nitrogens with one attached hydrogen (secondary N) is 2. The molecule has 3 atom stereocenters. The first-order valence-electron chi connectivity index (χ1n) is 15.6. The topological polar surface area (TPSA) is 123 Å². The molecule has 1 aliphatic rings. The van der Waals surface area contributed by atoms with Gasteiger partial charge in [-0.05, 0) is 67.9 Å². The molecule has 1 aliphatic heterocycles. The van der Waals surface area contributed by atoms with Gasteiger partial charge in [-0.25, -0.2) is 9.59 Å². The van der Waals surface area contributed by atoms with Gasteiger partial charge in [0.1, 0.15) is 23.9 Å². The number of amides is 3. The van der Waals surface area contributed by atoms with E-state index in [0.717, 1.165) is 5.56 Å². The average Bonchev–Trinajstić information content (AvgIpc) is 3.04. The summed E-state index contributed by atoms with van der Waals surface area (Å²) in [5, 5.41) is 5.98. The van der Waals surface area contributed by atoms with Crippen molar-refractivity contribution >= 4 is 41.2 Å². The third kappa shape index (κ3) is 10.7. The maximum absolute atomic E-state index is 14.2. The molecule has 0 spiro atoms. The Morgan fingerprint density at radius 3 is 2.35 bits per heavy atom. The highest BCUT2D eigenvalue weighted by molar-refractivity contribution is 6.30. The van der Waals surface area contributed by atoms with Gasteiger partial charge in [0.2, 0.25) is 5.91 Å². The Bertz CT molecular complexity index is 1410. The zero-order chi connectivity index (χ0) is 34.4. The minimum absolute atomic E-state index is 0.114. The van der Waals surface area contributed by atoms with E-state index in [-0.39, 0.29) is 30.2 Å². The molecule has 0 saturated carbocycles. The predicted octanol–water partition coefficient (Wildman–Crippen LogP) is 6.33. The first-order chi connectivity index (χ1) is 21.4. The molecule has 0 saturated heterocycles. The molecule has 0 fully saturated rings. The molecule has 0 bridgehead atoms. The Morgan fingerprint density at radius 2 is 1.74 bits per heavy atom. The summed E-state index contributed by atoms with van der Waals surface area (Å²) in [6.45, 7) is 15.9. The molecular weight excluding hydrogens is 610 g/mol. The number of carbonyl (C=O) groups excluding carboxylic acids is 4. The van der Waals surface area contributed by atoms with Crippen LogP contribution in [-0.2, 0) is 35.1 Å². The Balaban J connectivity index is 2.02. The highest BCUT2D eigenvalue weighted by Gasteiger charge is 2.39. The second kappa shape index (κ2) is 15.3. The SMILES string of the molecule is COC(=O)[C@H](CC(C)C)NC(=O)CC1OC(c2cccc(CNC(=O)OC(C)(C)C)c2)c2cc(Cl)ccc2N(CC(C)(C)C)C1=O. The maximum atomic E-state index is 14.2. The summed E-state index contributed by atoms with van der Waals surface area (Å²) in [4.78, 5) is 54.0. The number of nitrogens with zero attached hydrogens (tertiary/aromatic N) is 1. The van der Waals surface area contributed by atoms with Crippen molar-refractivity contribution in [3.8, 4) is 0 Å². The summed E-state index contributed by atoms with van der Waals surface area (Å²) < 4.78 is 16.8. The number of methoxy groups -OCH3 is 1. The van der Waals surface area contributed by atoms with Crippen LogP contribution in [0.3, 0.4) is 0 Å². The number of esters is 1. The number of carbonyl (C=O) groups is 4. The van der Waals surface area contributed by atoms with Gasteiger partial charge in [-0.2, -0.15) is 0 Å². The fourth-order valence-electron chi connectivity index (χ4n) is 5.20.